The zero-order valence-corrected chi connectivity index (χ0v) is 15.6. The summed E-state index contributed by atoms with van der Waals surface area (Å²) in [6.07, 6.45) is 2.15. The Morgan fingerprint density at radius 3 is 2.59 bits per heavy atom. The molecule has 1 unspecified atom stereocenters. The molecule has 1 amide bonds. The van der Waals surface area contributed by atoms with Crippen molar-refractivity contribution in [1.82, 2.24) is 20.2 Å². The van der Waals surface area contributed by atoms with E-state index >= 15 is 0 Å². The molecular formula is C19H19N5O2S. The molecule has 1 N–H and O–H groups in total. The van der Waals surface area contributed by atoms with Gasteiger partial charge in [0.05, 0.1) is 13.2 Å². The Hall–Kier alpha value is -2.87. The summed E-state index contributed by atoms with van der Waals surface area (Å²) in [6.45, 7) is 0. The van der Waals surface area contributed by atoms with Crippen molar-refractivity contribution in [3.8, 4) is 5.75 Å². The van der Waals surface area contributed by atoms with E-state index in [-0.39, 0.29) is 5.91 Å². The van der Waals surface area contributed by atoms with Crippen LogP contribution in [0.2, 0.25) is 0 Å². The van der Waals surface area contributed by atoms with Crippen LogP contribution in [0.3, 0.4) is 0 Å². The lowest BCUT2D eigenvalue weighted by Gasteiger charge is -2.16. The number of hydrogen-bond donors (Lipinski definition) is 1. The van der Waals surface area contributed by atoms with Crippen molar-refractivity contribution in [2.75, 3.05) is 12.4 Å². The van der Waals surface area contributed by atoms with E-state index in [1.54, 1.807) is 7.11 Å². The van der Waals surface area contributed by atoms with Crippen LogP contribution < -0.4 is 10.1 Å². The fraction of sp³-hybridized carbons (Fsp3) is 0.263. The lowest BCUT2D eigenvalue weighted by molar-refractivity contribution is -0.115. The van der Waals surface area contributed by atoms with E-state index in [1.807, 2.05) is 59.3 Å². The number of amides is 1. The quantitative estimate of drug-likeness (QED) is 0.631. The van der Waals surface area contributed by atoms with Gasteiger partial charge < -0.3 is 10.1 Å². The zero-order chi connectivity index (χ0) is 18.6. The molecule has 1 saturated carbocycles. The first-order chi connectivity index (χ1) is 13.2. The maximum Gasteiger partial charge on any atom is 0.242 e. The second-order valence-corrected chi connectivity index (χ2v) is 7.34. The standard InChI is InChI=1S/C19H19N5O2S/c1-26-16-11-7-14(8-12-16)20-18(25)17(13-5-3-2-4-6-13)27-19-21-22-23-24(19)15-9-10-15/h2-8,11-12,15,17H,9-10H2,1H3,(H,20,25). The van der Waals surface area contributed by atoms with Gasteiger partial charge in [0, 0.05) is 5.69 Å². The Bertz CT molecular complexity index is 909. The maximum absolute atomic E-state index is 13.0. The summed E-state index contributed by atoms with van der Waals surface area (Å²) < 4.78 is 6.98. The summed E-state index contributed by atoms with van der Waals surface area (Å²) in [5.74, 6) is 0.618. The molecule has 0 spiro atoms. The number of nitrogens with one attached hydrogen (secondary N) is 1. The van der Waals surface area contributed by atoms with Gasteiger partial charge >= 0.3 is 0 Å². The third-order valence-electron chi connectivity index (χ3n) is 4.28. The molecule has 1 fully saturated rings. The van der Waals surface area contributed by atoms with Gasteiger partial charge in [-0.25, -0.2) is 4.68 Å². The fourth-order valence-corrected chi connectivity index (χ4v) is 3.75. The van der Waals surface area contributed by atoms with Crippen LogP contribution in [0.15, 0.2) is 59.8 Å². The molecule has 0 saturated heterocycles. The largest absolute Gasteiger partial charge is 0.497 e. The van der Waals surface area contributed by atoms with Crippen LogP contribution in [0.5, 0.6) is 5.75 Å². The molecule has 1 aliphatic rings. The van der Waals surface area contributed by atoms with Gasteiger partial charge in [-0.15, -0.1) is 5.10 Å². The van der Waals surface area contributed by atoms with Crippen molar-refractivity contribution in [3.05, 3.63) is 60.2 Å². The summed E-state index contributed by atoms with van der Waals surface area (Å²) in [6, 6.07) is 17.3. The number of hydrogen-bond acceptors (Lipinski definition) is 6. The van der Waals surface area contributed by atoms with Crippen LogP contribution in [-0.2, 0) is 4.79 Å². The molecule has 138 valence electrons. The third-order valence-corrected chi connectivity index (χ3v) is 5.48. The lowest BCUT2D eigenvalue weighted by Crippen LogP contribution is -2.19. The Kier molecular flexibility index (Phi) is 5.06. The number of carbonyl (C=O) groups is 1. The fourth-order valence-electron chi connectivity index (χ4n) is 2.70. The summed E-state index contributed by atoms with van der Waals surface area (Å²) in [5, 5.41) is 15.2. The second-order valence-electron chi connectivity index (χ2n) is 6.26. The van der Waals surface area contributed by atoms with Crippen molar-refractivity contribution in [2.45, 2.75) is 29.3 Å². The SMILES string of the molecule is COc1ccc(NC(=O)C(Sc2nnnn2C2CC2)c2ccccc2)cc1. The van der Waals surface area contributed by atoms with Gasteiger partial charge in [-0.1, -0.05) is 42.1 Å². The average Bonchev–Trinajstić information content (AvgIpc) is 3.45. The van der Waals surface area contributed by atoms with Crippen LogP contribution in [0.4, 0.5) is 5.69 Å². The van der Waals surface area contributed by atoms with Crippen LogP contribution >= 0.6 is 11.8 Å². The predicted octanol–water partition coefficient (Wildman–Crippen LogP) is 3.49. The van der Waals surface area contributed by atoms with E-state index in [9.17, 15) is 4.79 Å². The van der Waals surface area contributed by atoms with E-state index < -0.39 is 5.25 Å². The Morgan fingerprint density at radius 2 is 1.93 bits per heavy atom. The van der Waals surface area contributed by atoms with Gasteiger partial charge in [0.25, 0.3) is 0 Å². The molecule has 0 aliphatic heterocycles. The Balaban J connectivity index is 1.57. The summed E-state index contributed by atoms with van der Waals surface area (Å²) in [7, 11) is 1.61. The number of benzene rings is 2. The van der Waals surface area contributed by atoms with Crippen LogP contribution in [0, 0.1) is 0 Å². The number of carbonyl (C=O) groups excluding carboxylic acids is 1. The predicted molar refractivity (Wildman–Crippen MR) is 103 cm³/mol. The maximum atomic E-state index is 13.0. The number of rotatable bonds is 7. The summed E-state index contributed by atoms with van der Waals surface area (Å²) in [4.78, 5) is 13.0. The number of anilines is 1. The highest BCUT2D eigenvalue weighted by Gasteiger charge is 2.31. The zero-order valence-electron chi connectivity index (χ0n) is 14.8. The normalized spacial score (nSPS) is 14.6. The molecule has 1 aliphatic carbocycles. The van der Waals surface area contributed by atoms with E-state index in [4.69, 9.17) is 4.74 Å². The van der Waals surface area contributed by atoms with Crippen molar-refractivity contribution in [2.24, 2.45) is 0 Å². The number of ether oxygens (including phenoxy) is 1. The molecule has 8 heteroatoms. The number of thioether (sulfide) groups is 1. The topological polar surface area (TPSA) is 81.9 Å². The average molecular weight is 381 g/mol. The molecule has 0 bridgehead atoms. The number of tetrazole rings is 1. The minimum atomic E-state index is -0.461. The van der Waals surface area contributed by atoms with Crippen molar-refractivity contribution < 1.29 is 9.53 Å². The number of aromatic nitrogens is 4. The van der Waals surface area contributed by atoms with Gasteiger partial charge in [-0.3, -0.25) is 4.79 Å². The molecule has 1 aromatic heterocycles. The monoisotopic (exact) mass is 381 g/mol. The van der Waals surface area contributed by atoms with Crippen LogP contribution in [-0.4, -0.2) is 33.2 Å². The molecule has 2 aromatic carbocycles. The van der Waals surface area contributed by atoms with E-state index in [0.717, 1.165) is 24.2 Å². The smallest absolute Gasteiger partial charge is 0.242 e. The highest BCUT2D eigenvalue weighted by atomic mass is 32.2. The molecule has 7 nitrogen and oxygen atoms in total. The highest BCUT2D eigenvalue weighted by molar-refractivity contribution is 8.00. The first kappa shape index (κ1) is 17.5. The van der Waals surface area contributed by atoms with Crippen molar-refractivity contribution in [1.29, 1.82) is 0 Å². The van der Waals surface area contributed by atoms with E-state index in [1.165, 1.54) is 11.8 Å². The summed E-state index contributed by atoms with van der Waals surface area (Å²) >= 11 is 1.37. The number of nitrogens with zero attached hydrogens (tertiary/aromatic N) is 4. The number of methoxy groups -OCH3 is 1. The first-order valence-corrected chi connectivity index (χ1v) is 9.57. The van der Waals surface area contributed by atoms with Crippen LogP contribution in [0.1, 0.15) is 29.7 Å². The van der Waals surface area contributed by atoms with Gasteiger partial charge in [-0.05, 0) is 53.1 Å². The van der Waals surface area contributed by atoms with Crippen molar-refractivity contribution >= 4 is 23.4 Å². The minimum absolute atomic E-state index is 0.123. The molecular weight excluding hydrogens is 362 g/mol. The van der Waals surface area contributed by atoms with Gasteiger partial charge in [0.2, 0.25) is 11.1 Å². The van der Waals surface area contributed by atoms with E-state index in [2.05, 4.69) is 20.8 Å². The minimum Gasteiger partial charge on any atom is -0.497 e. The van der Waals surface area contributed by atoms with Gasteiger partial charge in [0.15, 0.2) is 0 Å². The molecule has 1 atom stereocenters. The lowest BCUT2D eigenvalue weighted by atomic mass is 10.1. The van der Waals surface area contributed by atoms with Gasteiger partial charge in [0.1, 0.15) is 11.0 Å². The Morgan fingerprint density at radius 1 is 1.19 bits per heavy atom. The third kappa shape index (κ3) is 4.11. The molecule has 4 rings (SSSR count). The molecule has 3 aromatic rings. The highest BCUT2D eigenvalue weighted by Crippen LogP contribution is 2.40. The molecule has 0 radical (unpaired) electrons. The summed E-state index contributed by atoms with van der Waals surface area (Å²) in [5.41, 5.74) is 1.61. The van der Waals surface area contributed by atoms with Gasteiger partial charge in [-0.2, -0.15) is 0 Å². The molecule has 1 heterocycles. The van der Waals surface area contributed by atoms with E-state index in [0.29, 0.717) is 16.9 Å². The first-order valence-electron chi connectivity index (χ1n) is 8.69. The molecule has 27 heavy (non-hydrogen) atoms. The van der Waals surface area contributed by atoms with Crippen LogP contribution in [0.25, 0.3) is 0 Å². The second kappa shape index (κ2) is 7.79. The Labute approximate surface area is 161 Å². The van der Waals surface area contributed by atoms with Crippen molar-refractivity contribution in [3.63, 3.8) is 0 Å².